The predicted octanol–water partition coefficient (Wildman–Crippen LogP) is 2.40. The van der Waals surface area contributed by atoms with Gasteiger partial charge in [-0.2, -0.15) is 0 Å². The molecule has 0 aliphatic carbocycles. The number of esters is 1. The molecule has 5 heteroatoms. The number of rotatable bonds is 3. The molecule has 0 fully saturated rings. The van der Waals surface area contributed by atoms with Crippen LogP contribution in [0.25, 0.3) is 11.0 Å². The first-order chi connectivity index (χ1) is 10.2. The Morgan fingerprint density at radius 3 is 2.57 bits per heavy atom. The molecule has 1 heterocycles. The van der Waals surface area contributed by atoms with E-state index in [1.54, 1.807) is 12.1 Å². The van der Waals surface area contributed by atoms with E-state index < -0.39 is 0 Å². The van der Waals surface area contributed by atoms with Crippen LogP contribution >= 0.6 is 0 Å². The summed E-state index contributed by atoms with van der Waals surface area (Å²) in [6.45, 7) is 0. The lowest BCUT2D eigenvalue weighted by molar-refractivity contribution is 0.0600. The zero-order valence-corrected chi connectivity index (χ0v) is 11.5. The highest BCUT2D eigenvalue weighted by Gasteiger charge is 2.14. The number of hydrogen-bond acceptors (Lipinski definition) is 4. The van der Waals surface area contributed by atoms with Gasteiger partial charge in [-0.25, -0.2) is 9.78 Å². The molecule has 3 aromatic rings. The summed E-state index contributed by atoms with van der Waals surface area (Å²) < 4.78 is 4.67. The van der Waals surface area contributed by atoms with Gasteiger partial charge < -0.3 is 15.5 Å². The molecule has 1 aromatic heterocycles. The molecule has 1 atom stereocenters. The number of imidazole rings is 1. The van der Waals surface area contributed by atoms with Gasteiger partial charge in [-0.3, -0.25) is 0 Å². The number of benzene rings is 2. The highest BCUT2D eigenvalue weighted by Crippen LogP contribution is 2.20. The van der Waals surface area contributed by atoms with Gasteiger partial charge >= 0.3 is 5.97 Å². The highest BCUT2D eigenvalue weighted by atomic mass is 16.5. The van der Waals surface area contributed by atoms with Crippen molar-refractivity contribution in [1.82, 2.24) is 9.97 Å². The zero-order valence-electron chi connectivity index (χ0n) is 11.5. The van der Waals surface area contributed by atoms with Crippen molar-refractivity contribution in [3.05, 3.63) is 65.5 Å². The lowest BCUT2D eigenvalue weighted by atomic mass is 10.1. The third-order valence-electron chi connectivity index (χ3n) is 3.39. The van der Waals surface area contributed by atoms with Crippen molar-refractivity contribution in [3.63, 3.8) is 0 Å². The molecule has 0 amide bonds. The molecule has 1 unspecified atom stereocenters. The second-order valence-corrected chi connectivity index (χ2v) is 4.73. The molecule has 0 radical (unpaired) electrons. The number of nitrogens with two attached hydrogens (primary N) is 1. The van der Waals surface area contributed by atoms with Crippen LogP contribution in [0.3, 0.4) is 0 Å². The molecule has 21 heavy (non-hydrogen) atoms. The summed E-state index contributed by atoms with van der Waals surface area (Å²) in [4.78, 5) is 19.1. The number of carbonyl (C=O) groups is 1. The molecule has 0 saturated heterocycles. The maximum absolute atomic E-state index is 11.4. The fourth-order valence-electron chi connectivity index (χ4n) is 2.22. The second-order valence-electron chi connectivity index (χ2n) is 4.73. The third-order valence-corrected chi connectivity index (χ3v) is 3.39. The summed E-state index contributed by atoms with van der Waals surface area (Å²) in [6.07, 6.45) is 0. The first kappa shape index (κ1) is 13.3. The molecule has 0 saturated carbocycles. The molecule has 0 bridgehead atoms. The van der Waals surface area contributed by atoms with E-state index in [4.69, 9.17) is 5.73 Å². The summed E-state index contributed by atoms with van der Waals surface area (Å²) in [5.74, 6) is 0.334. The number of aromatic amines is 1. The first-order valence-corrected chi connectivity index (χ1v) is 6.57. The Morgan fingerprint density at radius 2 is 1.90 bits per heavy atom. The molecule has 0 aliphatic rings. The van der Waals surface area contributed by atoms with Gasteiger partial charge in [-0.05, 0) is 29.8 Å². The van der Waals surface area contributed by atoms with Gasteiger partial charge in [0, 0.05) is 0 Å². The van der Waals surface area contributed by atoms with Crippen molar-refractivity contribution >= 4 is 17.0 Å². The summed E-state index contributed by atoms with van der Waals surface area (Å²) in [7, 11) is 1.36. The number of fused-ring (bicyclic) bond motifs is 1. The third kappa shape index (κ3) is 2.51. The number of para-hydroxylation sites is 2. The standard InChI is InChI=1S/C16H15N3O2/c1-21-16(20)11-8-6-10(7-9-11)14(17)15-18-12-4-2-3-5-13(12)19-15/h2-9,14H,17H2,1H3,(H,18,19). The minimum absolute atomic E-state index is 0.362. The van der Waals surface area contributed by atoms with Crippen LogP contribution in [-0.4, -0.2) is 23.0 Å². The van der Waals surface area contributed by atoms with Gasteiger partial charge in [-0.15, -0.1) is 0 Å². The molecule has 0 spiro atoms. The van der Waals surface area contributed by atoms with Crippen LogP contribution in [0.15, 0.2) is 48.5 Å². The summed E-state index contributed by atoms with van der Waals surface area (Å²) in [5, 5.41) is 0. The number of hydrogen-bond donors (Lipinski definition) is 2. The lowest BCUT2D eigenvalue weighted by Gasteiger charge is -2.09. The minimum atomic E-state index is -0.371. The van der Waals surface area contributed by atoms with E-state index in [0.717, 1.165) is 16.6 Å². The van der Waals surface area contributed by atoms with Crippen LogP contribution in [0, 0.1) is 0 Å². The average molecular weight is 281 g/mol. The monoisotopic (exact) mass is 281 g/mol. The Balaban J connectivity index is 1.90. The second kappa shape index (κ2) is 5.38. The Labute approximate surface area is 121 Å². The SMILES string of the molecule is COC(=O)c1ccc(C(N)c2nc3ccccc3[nH]2)cc1. The highest BCUT2D eigenvalue weighted by molar-refractivity contribution is 5.89. The topological polar surface area (TPSA) is 81.0 Å². The minimum Gasteiger partial charge on any atom is -0.465 e. The fourth-order valence-corrected chi connectivity index (χ4v) is 2.22. The van der Waals surface area contributed by atoms with Crippen molar-refractivity contribution in [1.29, 1.82) is 0 Å². The van der Waals surface area contributed by atoms with Crippen LogP contribution in [0.1, 0.15) is 27.8 Å². The van der Waals surface area contributed by atoms with E-state index in [0.29, 0.717) is 11.4 Å². The summed E-state index contributed by atoms with van der Waals surface area (Å²) in [6, 6.07) is 14.4. The van der Waals surface area contributed by atoms with E-state index in [1.807, 2.05) is 36.4 Å². The van der Waals surface area contributed by atoms with E-state index >= 15 is 0 Å². The van der Waals surface area contributed by atoms with Crippen molar-refractivity contribution in [2.24, 2.45) is 5.73 Å². The van der Waals surface area contributed by atoms with Crippen molar-refractivity contribution in [3.8, 4) is 0 Å². The molecular weight excluding hydrogens is 266 g/mol. The number of methoxy groups -OCH3 is 1. The number of carbonyl (C=O) groups excluding carboxylic acids is 1. The summed E-state index contributed by atoms with van der Waals surface area (Å²) in [5.41, 5.74) is 9.44. The number of aromatic nitrogens is 2. The largest absolute Gasteiger partial charge is 0.465 e. The summed E-state index contributed by atoms with van der Waals surface area (Å²) >= 11 is 0. The van der Waals surface area contributed by atoms with Gasteiger partial charge in [0.1, 0.15) is 5.82 Å². The van der Waals surface area contributed by atoms with E-state index in [1.165, 1.54) is 7.11 Å². The van der Waals surface area contributed by atoms with Gasteiger partial charge in [0.2, 0.25) is 0 Å². The van der Waals surface area contributed by atoms with Crippen molar-refractivity contribution in [2.45, 2.75) is 6.04 Å². The maximum Gasteiger partial charge on any atom is 0.337 e. The molecular formula is C16H15N3O2. The molecule has 106 valence electrons. The van der Waals surface area contributed by atoms with Gasteiger partial charge in [-0.1, -0.05) is 24.3 Å². The number of ether oxygens (including phenoxy) is 1. The number of H-pyrrole nitrogens is 1. The van der Waals surface area contributed by atoms with Gasteiger partial charge in [0.25, 0.3) is 0 Å². The van der Waals surface area contributed by atoms with Crippen LogP contribution in [-0.2, 0) is 4.74 Å². The fraction of sp³-hybridized carbons (Fsp3) is 0.125. The quantitative estimate of drug-likeness (QED) is 0.722. The Hall–Kier alpha value is -2.66. The molecule has 5 nitrogen and oxygen atoms in total. The predicted molar refractivity (Wildman–Crippen MR) is 79.9 cm³/mol. The average Bonchev–Trinajstić information content (AvgIpc) is 2.97. The Morgan fingerprint density at radius 1 is 1.19 bits per heavy atom. The normalized spacial score (nSPS) is 12.3. The lowest BCUT2D eigenvalue weighted by Crippen LogP contribution is -2.13. The van der Waals surface area contributed by atoms with Crippen LogP contribution in [0.4, 0.5) is 0 Å². The molecule has 2 aromatic carbocycles. The maximum atomic E-state index is 11.4. The Kier molecular flexibility index (Phi) is 3.41. The smallest absolute Gasteiger partial charge is 0.337 e. The van der Waals surface area contributed by atoms with Crippen LogP contribution in [0.5, 0.6) is 0 Å². The number of nitrogens with zero attached hydrogens (tertiary/aromatic N) is 1. The van der Waals surface area contributed by atoms with Gasteiger partial charge in [0.05, 0.1) is 29.7 Å². The van der Waals surface area contributed by atoms with Crippen molar-refractivity contribution in [2.75, 3.05) is 7.11 Å². The number of nitrogens with one attached hydrogen (secondary N) is 1. The van der Waals surface area contributed by atoms with Crippen LogP contribution in [0.2, 0.25) is 0 Å². The molecule has 0 aliphatic heterocycles. The van der Waals surface area contributed by atoms with Gasteiger partial charge in [0.15, 0.2) is 0 Å². The molecule has 3 rings (SSSR count). The Bertz CT molecular complexity index is 745. The zero-order chi connectivity index (χ0) is 14.8. The van der Waals surface area contributed by atoms with Crippen LogP contribution < -0.4 is 5.73 Å². The van der Waals surface area contributed by atoms with E-state index in [-0.39, 0.29) is 12.0 Å². The van der Waals surface area contributed by atoms with E-state index in [2.05, 4.69) is 14.7 Å². The van der Waals surface area contributed by atoms with Crippen molar-refractivity contribution < 1.29 is 9.53 Å². The van der Waals surface area contributed by atoms with E-state index in [9.17, 15) is 4.79 Å². The molecule has 3 N–H and O–H groups in total. The first-order valence-electron chi connectivity index (χ1n) is 6.57.